The first-order chi connectivity index (χ1) is 15.2. The smallest absolute Gasteiger partial charge is 0.248 e. The molecule has 5 nitrogen and oxygen atoms in total. The molecule has 0 aliphatic carbocycles. The van der Waals surface area contributed by atoms with Crippen molar-refractivity contribution in [2.24, 2.45) is 7.05 Å². The van der Waals surface area contributed by atoms with Gasteiger partial charge in [-0.15, -0.1) is 10.2 Å². The third-order valence-corrected chi connectivity index (χ3v) is 5.77. The summed E-state index contributed by atoms with van der Waals surface area (Å²) in [5, 5.41) is 12.4. The summed E-state index contributed by atoms with van der Waals surface area (Å²) in [6, 6.07) is 27.6. The second kappa shape index (κ2) is 9.91. The third kappa shape index (κ3) is 5.49. The van der Waals surface area contributed by atoms with Gasteiger partial charge < -0.3 is 9.88 Å². The molecular formula is C25H22N4OS. The molecule has 4 aromatic rings. The number of hydrogen-bond acceptors (Lipinski definition) is 4. The molecule has 0 aliphatic rings. The van der Waals surface area contributed by atoms with Gasteiger partial charge in [0.1, 0.15) is 0 Å². The van der Waals surface area contributed by atoms with Crippen molar-refractivity contribution in [2.75, 3.05) is 5.32 Å². The number of carbonyl (C=O) groups is 1. The van der Waals surface area contributed by atoms with Crippen LogP contribution < -0.4 is 5.32 Å². The van der Waals surface area contributed by atoms with Crippen LogP contribution in [0.3, 0.4) is 0 Å². The molecule has 0 saturated carbocycles. The molecule has 31 heavy (non-hydrogen) atoms. The van der Waals surface area contributed by atoms with Crippen molar-refractivity contribution < 1.29 is 4.79 Å². The van der Waals surface area contributed by atoms with E-state index in [-0.39, 0.29) is 5.91 Å². The van der Waals surface area contributed by atoms with E-state index in [1.165, 1.54) is 11.6 Å². The summed E-state index contributed by atoms with van der Waals surface area (Å²) in [7, 11) is 1.97. The molecule has 1 amide bonds. The molecule has 0 unspecified atom stereocenters. The molecule has 4 rings (SSSR count). The minimum atomic E-state index is -0.171. The number of aromatic nitrogens is 3. The van der Waals surface area contributed by atoms with E-state index in [4.69, 9.17) is 0 Å². The van der Waals surface area contributed by atoms with Crippen LogP contribution in [0.15, 0.2) is 96.2 Å². The van der Waals surface area contributed by atoms with Crippen LogP contribution >= 0.6 is 11.8 Å². The highest BCUT2D eigenvalue weighted by atomic mass is 32.2. The first-order valence-electron chi connectivity index (χ1n) is 9.90. The van der Waals surface area contributed by atoms with E-state index in [1.54, 1.807) is 17.8 Å². The van der Waals surface area contributed by atoms with Crippen LogP contribution in [-0.4, -0.2) is 20.7 Å². The number of nitrogens with one attached hydrogen (secondary N) is 1. The molecule has 0 aliphatic heterocycles. The molecule has 1 aromatic heterocycles. The average Bonchev–Trinajstić information content (AvgIpc) is 3.18. The molecule has 0 saturated heterocycles. The lowest BCUT2D eigenvalue weighted by Gasteiger charge is -2.06. The fraction of sp³-hybridized carbons (Fsp3) is 0.0800. The van der Waals surface area contributed by atoms with Crippen LogP contribution in [0.4, 0.5) is 5.69 Å². The largest absolute Gasteiger partial charge is 0.323 e. The SMILES string of the molecule is Cn1c(SCc2ccccc2)nnc1-c1ccc(NC(=O)/C=C\c2ccccc2)cc1. The van der Waals surface area contributed by atoms with Gasteiger partial charge in [0.2, 0.25) is 5.91 Å². The number of carbonyl (C=O) groups excluding carboxylic acids is 1. The predicted octanol–water partition coefficient (Wildman–Crippen LogP) is 5.43. The zero-order valence-electron chi connectivity index (χ0n) is 17.1. The van der Waals surface area contributed by atoms with Crippen LogP contribution in [0.1, 0.15) is 11.1 Å². The van der Waals surface area contributed by atoms with Gasteiger partial charge in [0.15, 0.2) is 11.0 Å². The molecule has 6 heteroatoms. The highest BCUT2D eigenvalue weighted by molar-refractivity contribution is 7.98. The Kier molecular flexibility index (Phi) is 6.59. The van der Waals surface area contributed by atoms with E-state index in [0.29, 0.717) is 0 Å². The number of anilines is 1. The Hall–Kier alpha value is -3.64. The molecule has 1 N–H and O–H groups in total. The maximum Gasteiger partial charge on any atom is 0.248 e. The molecular weight excluding hydrogens is 404 g/mol. The van der Waals surface area contributed by atoms with Gasteiger partial charge in [-0.1, -0.05) is 72.4 Å². The van der Waals surface area contributed by atoms with Crippen molar-refractivity contribution in [2.45, 2.75) is 10.9 Å². The molecule has 0 bridgehead atoms. The summed E-state index contributed by atoms with van der Waals surface area (Å²) >= 11 is 1.66. The third-order valence-electron chi connectivity index (χ3n) is 4.68. The van der Waals surface area contributed by atoms with Gasteiger partial charge in [0.05, 0.1) is 0 Å². The Bertz CT molecular complexity index is 1170. The quantitative estimate of drug-likeness (QED) is 0.316. The van der Waals surface area contributed by atoms with E-state index < -0.39 is 0 Å². The number of nitrogens with zero attached hydrogens (tertiary/aromatic N) is 3. The van der Waals surface area contributed by atoms with Crippen molar-refractivity contribution in [1.82, 2.24) is 14.8 Å². The van der Waals surface area contributed by atoms with Crippen molar-refractivity contribution in [3.8, 4) is 11.4 Å². The normalized spacial score (nSPS) is 11.0. The fourth-order valence-corrected chi connectivity index (χ4v) is 3.90. The Morgan fingerprint density at radius 2 is 1.61 bits per heavy atom. The Labute approximate surface area is 185 Å². The zero-order chi connectivity index (χ0) is 21.5. The van der Waals surface area contributed by atoms with E-state index in [0.717, 1.165) is 33.5 Å². The Morgan fingerprint density at radius 1 is 0.935 bits per heavy atom. The number of benzene rings is 3. The zero-order valence-corrected chi connectivity index (χ0v) is 17.9. The van der Waals surface area contributed by atoms with Crippen LogP contribution in [0.25, 0.3) is 17.5 Å². The molecule has 0 radical (unpaired) electrons. The van der Waals surface area contributed by atoms with Crippen LogP contribution in [-0.2, 0) is 17.6 Å². The van der Waals surface area contributed by atoms with Crippen LogP contribution in [0, 0.1) is 0 Å². The molecule has 0 atom stereocenters. The van der Waals surface area contributed by atoms with E-state index in [1.807, 2.05) is 84.4 Å². The summed E-state index contributed by atoms with van der Waals surface area (Å²) in [5.41, 5.74) is 3.90. The highest BCUT2D eigenvalue weighted by Crippen LogP contribution is 2.26. The summed E-state index contributed by atoms with van der Waals surface area (Å²) < 4.78 is 1.99. The van der Waals surface area contributed by atoms with Crippen LogP contribution in [0.5, 0.6) is 0 Å². The second-order valence-electron chi connectivity index (χ2n) is 6.95. The van der Waals surface area contributed by atoms with Crippen molar-refractivity contribution in [3.63, 3.8) is 0 Å². The fourth-order valence-electron chi connectivity index (χ4n) is 3.04. The topological polar surface area (TPSA) is 59.8 Å². The minimum absolute atomic E-state index is 0.171. The van der Waals surface area contributed by atoms with Crippen molar-refractivity contribution in [1.29, 1.82) is 0 Å². The predicted molar refractivity (Wildman–Crippen MR) is 127 cm³/mol. The number of rotatable bonds is 7. The van der Waals surface area contributed by atoms with Crippen LogP contribution in [0.2, 0.25) is 0 Å². The average molecular weight is 427 g/mol. The van der Waals surface area contributed by atoms with Gasteiger partial charge in [-0.2, -0.15) is 0 Å². The molecule has 0 fully saturated rings. The number of thioether (sulfide) groups is 1. The Morgan fingerprint density at radius 3 is 2.32 bits per heavy atom. The number of hydrogen-bond donors (Lipinski definition) is 1. The molecule has 154 valence electrons. The lowest BCUT2D eigenvalue weighted by Crippen LogP contribution is -2.07. The number of amides is 1. The van der Waals surface area contributed by atoms with Crippen molar-refractivity contribution in [3.05, 3.63) is 102 Å². The van der Waals surface area contributed by atoms with Gasteiger partial charge in [0.25, 0.3) is 0 Å². The lowest BCUT2D eigenvalue weighted by molar-refractivity contribution is -0.111. The van der Waals surface area contributed by atoms with E-state index in [9.17, 15) is 4.79 Å². The standard InChI is InChI=1S/C25H22N4OS/c1-29-24(27-28-25(29)31-18-20-10-6-3-7-11-20)21-13-15-22(16-14-21)26-23(30)17-12-19-8-4-2-5-9-19/h2-17H,18H2,1H3,(H,26,30)/b17-12-. The monoisotopic (exact) mass is 426 g/mol. The van der Waals surface area contributed by atoms with Gasteiger partial charge in [-0.25, -0.2) is 0 Å². The van der Waals surface area contributed by atoms with Gasteiger partial charge in [-0.05, 0) is 41.5 Å². The minimum Gasteiger partial charge on any atom is -0.323 e. The molecule has 1 heterocycles. The van der Waals surface area contributed by atoms with Crippen molar-refractivity contribution >= 4 is 29.4 Å². The van der Waals surface area contributed by atoms with Gasteiger partial charge >= 0.3 is 0 Å². The maximum absolute atomic E-state index is 12.2. The molecule has 0 spiro atoms. The maximum atomic E-state index is 12.2. The van der Waals surface area contributed by atoms with Gasteiger partial charge in [-0.3, -0.25) is 4.79 Å². The first-order valence-corrected chi connectivity index (χ1v) is 10.9. The highest BCUT2D eigenvalue weighted by Gasteiger charge is 2.11. The van der Waals surface area contributed by atoms with Gasteiger partial charge in [0, 0.05) is 30.1 Å². The lowest BCUT2D eigenvalue weighted by atomic mass is 10.2. The summed E-state index contributed by atoms with van der Waals surface area (Å²) in [6.45, 7) is 0. The summed E-state index contributed by atoms with van der Waals surface area (Å²) in [4.78, 5) is 12.2. The Balaban J connectivity index is 1.38. The molecule has 3 aromatic carbocycles. The summed E-state index contributed by atoms with van der Waals surface area (Å²) in [6.07, 6.45) is 3.32. The summed E-state index contributed by atoms with van der Waals surface area (Å²) in [5.74, 6) is 1.46. The van der Waals surface area contributed by atoms with E-state index in [2.05, 4.69) is 27.6 Å². The second-order valence-corrected chi connectivity index (χ2v) is 7.89. The first kappa shape index (κ1) is 20.6. The van der Waals surface area contributed by atoms with E-state index >= 15 is 0 Å².